The second-order valence-corrected chi connectivity index (χ2v) is 8.66. The first-order valence-corrected chi connectivity index (χ1v) is 9.05. The van der Waals surface area contributed by atoms with Crippen LogP contribution in [0.15, 0.2) is 0 Å². The quantitative estimate of drug-likeness (QED) is 0.495. The fourth-order valence-electron chi connectivity index (χ4n) is 6.87. The van der Waals surface area contributed by atoms with Gasteiger partial charge in [-0.05, 0) is 68.2 Å². The lowest BCUT2D eigenvalue weighted by Crippen LogP contribution is -2.63. The summed E-state index contributed by atoms with van der Waals surface area (Å²) in [5.41, 5.74) is 5.79. The van der Waals surface area contributed by atoms with Gasteiger partial charge in [-0.2, -0.15) is 0 Å². The highest BCUT2D eigenvalue weighted by Gasteiger charge is 2.65. The summed E-state index contributed by atoms with van der Waals surface area (Å²) in [6.45, 7) is 2.31. The van der Waals surface area contributed by atoms with Crippen molar-refractivity contribution in [1.82, 2.24) is 0 Å². The van der Waals surface area contributed by atoms with E-state index in [1.54, 1.807) is 0 Å². The Balaban J connectivity index is 1.93. The van der Waals surface area contributed by atoms with E-state index >= 15 is 0 Å². The standard InChI is InChI=1S/C16H27N3O6/c1-2-3-14-4-12-5-15(8-14,11-17)10-16(6-12,9-14)13(25-19(22)23)7-24-18(20)21/h12-13H,2-11,17H2,1H3. The molecule has 142 valence electrons. The van der Waals surface area contributed by atoms with Crippen LogP contribution in [-0.2, 0) is 9.68 Å². The molecular weight excluding hydrogens is 330 g/mol. The second kappa shape index (κ2) is 6.26. The molecule has 4 aliphatic carbocycles. The van der Waals surface area contributed by atoms with Crippen molar-refractivity contribution in [2.75, 3.05) is 13.2 Å². The monoisotopic (exact) mass is 357 g/mol. The molecule has 25 heavy (non-hydrogen) atoms. The Morgan fingerprint density at radius 2 is 1.80 bits per heavy atom. The van der Waals surface area contributed by atoms with Gasteiger partial charge >= 0.3 is 0 Å². The van der Waals surface area contributed by atoms with Crippen LogP contribution < -0.4 is 5.73 Å². The highest BCUT2D eigenvalue weighted by Crippen LogP contribution is 2.71. The zero-order valence-electron chi connectivity index (χ0n) is 14.6. The van der Waals surface area contributed by atoms with Crippen LogP contribution in [0.1, 0.15) is 58.3 Å². The van der Waals surface area contributed by atoms with Gasteiger partial charge in [0.1, 0.15) is 12.7 Å². The molecule has 0 amide bonds. The van der Waals surface area contributed by atoms with Crippen LogP contribution in [0.4, 0.5) is 0 Å². The van der Waals surface area contributed by atoms with Crippen molar-refractivity contribution in [2.45, 2.75) is 64.4 Å². The summed E-state index contributed by atoms with van der Waals surface area (Å²) < 4.78 is 0. The van der Waals surface area contributed by atoms with E-state index in [0.717, 1.165) is 51.4 Å². The highest BCUT2D eigenvalue weighted by atomic mass is 17.0. The molecule has 0 aromatic carbocycles. The molecule has 9 heteroatoms. The molecular formula is C16H27N3O6. The van der Waals surface area contributed by atoms with E-state index < -0.39 is 28.3 Å². The molecule has 4 fully saturated rings. The van der Waals surface area contributed by atoms with Gasteiger partial charge in [0.25, 0.3) is 10.2 Å². The Bertz CT molecular complexity index is 560. The summed E-state index contributed by atoms with van der Waals surface area (Å²) in [6, 6.07) is 0. The Hall–Kier alpha value is -1.64. The van der Waals surface area contributed by atoms with Crippen molar-refractivity contribution in [2.24, 2.45) is 27.9 Å². The maximum atomic E-state index is 11.0. The van der Waals surface area contributed by atoms with Crippen LogP contribution in [-0.4, -0.2) is 29.4 Å². The Morgan fingerprint density at radius 1 is 1.12 bits per heavy atom. The topological polar surface area (TPSA) is 131 Å². The molecule has 4 bridgehead atoms. The molecule has 4 rings (SSSR count). The maximum Gasteiger partial charge on any atom is 0.294 e. The fourth-order valence-corrected chi connectivity index (χ4v) is 6.87. The van der Waals surface area contributed by atoms with Crippen molar-refractivity contribution < 1.29 is 19.8 Å². The number of rotatable bonds is 9. The zero-order chi connectivity index (χ0) is 18.3. The van der Waals surface area contributed by atoms with Gasteiger partial charge in [-0.15, -0.1) is 20.2 Å². The minimum atomic E-state index is -0.918. The van der Waals surface area contributed by atoms with E-state index in [4.69, 9.17) is 10.6 Å². The summed E-state index contributed by atoms with van der Waals surface area (Å²) in [5, 5.41) is 19.9. The molecule has 5 unspecified atom stereocenters. The van der Waals surface area contributed by atoms with Gasteiger partial charge in [-0.3, -0.25) is 0 Å². The molecule has 5 atom stereocenters. The fraction of sp³-hybridized carbons (Fsp3) is 1.00. The molecule has 0 spiro atoms. The van der Waals surface area contributed by atoms with E-state index in [1.165, 1.54) is 0 Å². The van der Waals surface area contributed by atoms with E-state index in [-0.39, 0.29) is 10.8 Å². The van der Waals surface area contributed by atoms with Crippen molar-refractivity contribution in [3.63, 3.8) is 0 Å². The molecule has 4 saturated carbocycles. The Morgan fingerprint density at radius 3 is 2.40 bits per heavy atom. The molecule has 0 radical (unpaired) electrons. The summed E-state index contributed by atoms with van der Waals surface area (Å²) in [6.07, 6.45) is 6.79. The van der Waals surface area contributed by atoms with Crippen LogP contribution >= 0.6 is 0 Å². The van der Waals surface area contributed by atoms with Crippen LogP contribution in [0, 0.1) is 42.4 Å². The predicted molar refractivity (Wildman–Crippen MR) is 87.3 cm³/mol. The van der Waals surface area contributed by atoms with Crippen molar-refractivity contribution >= 4 is 0 Å². The van der Waals surface area contributed by atoms with Gasteiger partial charge in [0.05, 0.1) is 0 Å². The smallest absolute Gasteiger partial charge is 0.294 e. The molecule has 9 nitrogen and oxygen atoms in total. The highest BCUT2D eigenvalue weighted by molar-refractivity contribution is 5.14. The molecule has 0 heterocycles. The molecule has 2 N–H and O–H groups in total. The van der Waals surface area contributed by atoms with Crippen LogP contribution in [0.3, 0.4) is 0 Å². The normalized spacial score (nSPS) is 39.8. The SMILES string of the molecule is CCCC12CC3CC(CN)(C1)CC(C(CO[N+](=O)[O-])O[N+](=O)[O-])(C3)C2. The molecule has 0 aliphatic heterocycles. The minimum Gasteiger partial charge on any atom is -0.330 e. The van der Waals surface area contributed by atoms with Crippen molar-refractivity contribution in [3.8, 4) is 0 Å². The van der Waals surface area contributed by atoms with Crippen molar-refractivity contribution in [1.29, 1.82) is 0 Å². The second-order valence-electron chi connectivity index (χ2n) is 8.66. The third-order valence-corrected chi connectivity index (χ3v) is 6.78. The van der Waals surface area contributed by atoms with Gasteiger partial charge < -0.3 is 15.4 Å². The largest absolute Gasteiger partial charge is 0.330 e. The van der Waals surface area contributed by atoms with Gasteiger partial charge in [0.2, 0.25) is 0 Å². The van der Waals surface area contributed by atoms with Gasteiger partial charge in [-0.1, -0.05) is 13.3 Å². The number of hydrogen-bond acceptors (Lipinski definition) is 7. The first-order valence-electron chi connectivity index (χ1n) is 9.05. The number of nitrogens with two attached hydrogens (primary N) is 1. The van der Waals surface area contributed by atoms with Gasteiger partial charge in [0, 0.05) is 5.41 Å². The van der Waals surface area contributed by atoms with Crippen LogP contribution in [0.2, 0.25) is 0 Å². The Labute approximate surface area is 146 Å². The van der Waals surface area contributed by atoms with E-state index in [0.29, 0.717) is 12.5 Å². The Kier molecular flexibility index (Phi) is 4.55. The van der Waals surface area contributed by atoms with Crippen molar-refractivity contribution in [3.05, 3.63) is 20.2 Å². The molecule has 0 aromatic heterocycles. The average Bonchev–Trinajstić information content (AvgIpc) is 2.49. The third-order valence-electron chi connectivity index (χ3n) is 6.78. The third kappa shape index (κ3) is 3.26. The summed E-state index contributed by atoms with van der Waals surface area (Å²) in [5.74, 6) is 0.458. The molecule has 0 saturated heterocycles. The van der Waals surface area contributed by atoms with E-state index in [1.807, 2.05) is 0 Å². The zero-order valence-corrected chi connectivity index (χ0v) is 14.6. The van der Waals surface area contributed by atoms with Crippen LogP contribution in [0.25, 0.3) is 0 Å². The van der Waals surface area contributed by atoms with Crippen LogP contribution in [0.5, 0.6) is 0 Å². The first-order chi connectivity index (χ1) is 11.8. The lowest BCUT2D eigenvalue weighted by molar-refractivity contribution is -0.794. The van der Waals surface area contributed by atoms with Gasteiger partial charge in [-0.25, -0.2) is 0 Å². The number of nitrogens with zero attached hydrogens (tertiary/aromatic N) is 2. The predicted octanol–water partition coefficient (Wildman–Crippen LogP) is 2.49. The lowest BCUT2D eigenvalue weighted by atomic mass is 9.38. The lowest BCUT2D eigenvalue weighted by Gasteiger charge is -2.68. The number of hydrogen-bond donors (Lipinski definition) is 1. The first kappa shape index (κ1) is 18.2. The maximum absolute atomic E-state index is 11.0. The van der Waals surface area contributed by atoms with E-state index in [9.17, 15) is 20.2 Å². The minimum absolute atomic E-state index is 0.0264. The molecule has 4 aliphatic rings. The summed E-state index contributed by atoms with van der Waals surface area (Å²) in [7, 11) is 0. The average molecular weight is 357 g/mol. The summed E-state index contributed by atoms with van der Waals surface area (Å²) in [4.78, 5) is 31.1. The molecule has 0 aromatic rings. The van der Waals surface area contributed by atoms with Gasteiger partial charge in [0.15, 0.2) is 0 Å². The van der Waals surface area contributed by atoms with E-state index in [2.05, 4.69) is 11.8 Å². The summed E-state index contributed by atoms with van der Waals surface area (Å²) >= 11 is 0.